The Morgan fingerprint density at radius 1 is 0.705 bits per heavy atom. The molecule has 30 heteroatoms. The summed E-state index contributed by atoms with van der Waals surface area (Å²) in [5.41, 5.74) is 4.19. The van der Waals surface area contributed by atoms with E-state index in [2.05, 4.69) is 61.0 Å². The van der Waals surface area contributed by atoms with Crippen LogP contribution in [0.3, 0.4) is 0 Å². The highest BCUT2D eigenvalue weighted by Crippen LogP contribution is 2.42. The molecule has 8 amide bonds. The summed E-state index contributed by atoms with van der Waals surface area (Å²) in [7, 11) is 1.27. The monoisotopic (exact) mass is 1350 g/mol. The summed E-state index contributed by atoms with van der Waals surface area (Å²) >= 11 is 0. The molecule has 0 radical (unpaired) electrons. The lowest BCUT2D eigenvalue weighted by Crippen LogP contribution is -2.66. The third-order valence-corrected chi connectivity index (χ3v) is 18.4. The minimum absolute atomic E-state index is 0.00925. The van der Waals surface area contributed by atoms with Crippen LogP contribution in [0.2, 0.25) is 0 Å². The second kappa shape index (κ2) is 41.1. The number of hydrogen-bond donors (Lipinski definition) is 14. The van der Waals surface area contributed by atoms with Crippen LogP contribution in [0.1, 0.15) is 195 Å². The molecule has 8 unspecified atom stereocenters. The van der Waals surface area contributed by atoms with Crippen LogP contribution in [0.4, 0.5) is 9.59 Å². The lowest BCUT2D eigenvalue weighted by Gasteiger charge is -2.34. The average Bonchev–Trinajstić information content (AvgIpc) is 1.60. The molecule has 0 saturated carbocycles. The van der Waals surface area contributed by atoms with E-state index in [-0.39, 0.29) is 51.4 Å². The van der Waals surface area contributed by atoms with E-state index in [1.54, 1.807) is 27.7 Å². The SMILES string of the molecule is CCCCCCCCCCCCNC(=O)NC[C@H]1O[C@@H](OC(C2C(=O)N(CCCCCCCCCCCC)C(=O)C2CCCNC(=O)C(NC(=O)C(NC(=O)NC(C(=O)O)C(C)C)C2CCN=C(N)N2)C(O)C(C)C)[C@H]2O[C@@H](n3ccc(=O)[nH]c3=O)[C@H](O)[C@@H]2O)[C@H](OC)[C@@H]1O. The maximum absolute atomic E-state index is 15.3. The molecule has 30 nitrogen and oxygen atoms in total. The van der Waals surface area contributed by atoms with E-state index in [1.807, 2.05) is 0 Å². The van der Waals surface area contributed by atoms with Crippen molar-refractivity contribution in [2.75, 3.05) is 39.8 Å². The number of unbranched alkanes of at least 4 members (excludes halogenated alkanes) is 18. The first-order valence-corrected chi connectivity index (χ1v) is 34.8. The Morgan fingerprint density at radius 2 is 1.31 bits per heavy atom. The van der Waals surface area contributed by atoms with Crippen molar-refractivity contribution in [2.24, 2.45) is 34.4 Å². The highest BCUT2D eigenvalue weighted by Gasteiger charge is 2.60. The van der Waals surface area contributed by atoms with Gasteiger partial charge < -0.3 is 87.4 Å². The number of hydrogen-bond acceptors (Lipinski definition) is 20. The van der Waals surface area contributed by atoms with E-state index < -0.39 is 162 Å². The molecule has 15 N–H and O–H groups in total. The summed E-state index contributed by atoms with van der Waals surface area (Å²) in [5, 5.41) is 75.2. The third-order valence-electron chi connectivity index (χ3n) is 18.4. The van der Waals surface area contributed by atoms with Crippen LogP contribution in [-0.4, -0.2) is 207 Å². The van der Waals surface area contributed by atoms with Crippen molar-refractivity contribution in [1.29, 1.82) is 0 Å². The molecule has 3 fully saturated rings. The summed E-state index contributed by atoms with van der Waals surface area (Å²) in [6.45, 7) is 10.8. The number of aliphatic hydroxyl groups is 4. The summed E-state index contributed by atoms with van der Waals surface area (Å²) in [4.78, 5) is 130. The Bertz CT molecular complexity index is 2720. The predicted octanol–water partition coefficient (Wildman–Crippen LogP) is 2.24. The van der Waals surface area contributed by atoms with E-state index in [4.69, 9.17) is 24.7 Å². The van der Waals surface area contributed by atoms with Crippen molar-refractivity contribution in [3.63, 3.8) is 0 Å². The van der Waals surface area contributed by atoms with E-state index >= 15 is 9.59 Å². The van der Waals surface area contributed by atoms with Crippen LogP contribution in [0, 0.1) is 23.7 Å². The van der Waals surface area contributed by atoms with Gasteiger partial charge in [0.15, 0.2) is 18.5 Å². The predicted molar refractivity (Wildman–Crippen MR) is 351 cm³/mol. The Morgan fingerprint density at radius 3 is 1.87 bits per heavy atom. The fourth-order valence-electron chi connectivity index (χ4n) is 12.7. The van der Waals surface area contributed by atoms with Crippen molar-refractivity contribution in [3.8, 4) is 0 Å². The summed E-state index contributed by atoms with van der Waals surface area (Å²) < 4.78 is 25.8. The molecular formula is C65H112N12O18. The lowest BCUT2D eigenvalue weighted by molar-refractivity contribution is -0.236. The molecule has 0 aromatic carbocycles. The number of carbonyl (C=O) groups is 7. The number of imide groups is 1. The smallest absolute Gasteiger partial charge is 0.330 e. The first-order valence-electron chi connectivity index (χ1n) is 34.8. The number of amides is 8. The van der Waals surface area contributed by atoms with Gasteiger partial charge in [-0.3, -0.25) is 43.4 Å². The van der Waals surface area contributed by atoms with Crippen LogP contribution >= 0.6 is 0 Å². The molecule has 95 heavy (non-hydrogen) atoms. The number of nitrogens with one attached hydrogen (secondary N) is 8. The molecule has 1 aromatic rings. The minimum Gasteiger partial charge on any atom is -0.480 e. The molecule has 0 bridgehead atoms. The van der Waals surface area contributed by atoms with Crippen molar-refractivity contribution < 1.29 is 78.0 Å². The molecule has 0 spiro atoms. The van der Waals surface area contributed by atoms with Gasteiger partial charge in [-0.1, -0.05) is 157 Å². The zero-order valence-electron chi connectivity index (χ0n) is 56.8. The molecular weight excluding hydrogens is 1240 g/mol. The van der Waals surface area contributed by atoms with Gasteiger partial charge in [0, 0.05) is 52.1 Å². The Balaban J connectivity index is 1.40. The van der Waals surface area contributed by atoms with Crippen molar-refractivity contribution >= 4 is 47.6 Å². The molecule has 5 heterocycles. The number of rotatable bonds is 44. The summed E-state index contributed by atoms with van der Waals surface area (Å²) in [6, 6.07) is -5.92. The van der Waals surface area contributed by atoms with Gasteiger partial charge in [-0.15, -0.1) is 0 Å². The number of aliphatic hydroxyl groups excluding tert-OH is 4. The Kier molecular flexibility index (Phi) is 34.3. The van der Waals surface area contributed by atoms with Crippen molar-refractivity contribution in [2.45, 2.75) is 275 Å². The molecule has 5 rings (SSSR count). The number of likely N-dealkylation sites (tertiary alicyclic amines) is 1. The third kappa shape index (κ3) is 24.0. The van der Waals surface area contributed by atoms with Gasteiger partial charge in [0.05, 0.1) is 24.0 Å². The Hall–Kier alpha value is -6.28. The van der Waals surface area contributed by atoms with E-state index in [1.165, 1.54) is 58.5 Å². The molecule has 0 aliphatic carbocycles. The number of urea groups is 2. The van der Waals surface area contributed by atoms with Crippen molar-refractivity contribution in [3.05, 3.63) is 33.1 Å². The normalized spacial score (nSPS) is 25.2. The number of carboxylic acid groups (broad SMARTS) is 1. The van der Waals surface area contributed by atoms with Gasteiger partial charge in [0.25, 0.3) is 5.56 Å². The fourth-order valence-corrected chi connectivity index (χ4v) is 12.7. The second-order valence-electron chi connectivity index (χ2n) is 26.4. The molecule has 16 atom stereocenters. The van der Waals surface area contributed by atoms with Gasteiger partial charge in [-0.25, -0.2) is 19.2 Å². The molecule has 1 aromatic heterocycles. The summed E-state index contributed by atoms with van der Waals surface area (Å²) in [5.74, 6) is -8.59. The number of guanidine groups is 1. The lowest BCUT2D eigenvalue weighted by atomic mass is 9.82. The zero-order chi connectivity index (χ0) is 69.7. The number of carboxylic acids is 1. The number of carbonyl (C=O) groups excluding carboxylic acids is 6. The standard InChI is InChI=1S/C65H112N12O18/c1-8-10-12-14-16-18-20-22-24-26-32-69-63(89)70-37-42-49(80)54(92-7)61(93-42)95-52(53-50(81)51(82)59(94-53)77-36-31-43(78)72-65(77)91)44-40(57(85)76(58(44)86)35-27-25-23-21-19-17-15-13-11-9-2)29-28-33-67-55(83)47(48(79)39(5)6)73-56(84)46(41-30-34-68-62(66)71-41)75-64(90)74-45(38(3)4)60(87)88/h31,36,38-42,44-54,59,61,79-82H,8-30,32-35,37H2,1-7H3,(H,67,83)(H,73,84)(H,87,88)(H3,66,68,71)(H2,69,70,89)(H,72,78,91)(H2,74,75,90)/t40?,41?,42-,44?,45?,46?,47?,48?,49-,50+,51-,52?,53+,54-,59-,61+/m1/s1. The first kappa shape index (κ1) is 79.4. The highest BCUT2D eigenvalue weighted by molar-refractivity contribution is 6.05. The molecule has 540 valence electrons. The molecule has 4 aliphatic heterocycles. The van der Waals surface area contributed by atoms with Crippen molar-refractivity contribution in [1.82, 2.24) is 51.7 Å². The number of nitrogens with two attached hydrogens (primary N) is 1. The summed E-state index contributed by atoms with van der Waals surface area (Å²) in [6.07, 6.45) is 5.86. The number of ether oxygens (including phenoxy) is 4. The largest absolute Gasteiger partial charge is 0.480 e. The Labute approximate surface area is 557 Å². The number of aromatic amines is 1. The van der Waals surface area contributed by atoms with Crippen LogP contribution in [-0.2, 0) is 42.9 Å². The quantitative estimate of drug-likeness (QED) is 0.0329. The topological polar surface area (TPSA) is 438 Å². The maximum Gasteiger partial charge on any atom is 0.330 e. The number of aromatic nitrogens is 2. The van der Waals surface area contributed by atoms with Gasteiger partial charge in [0.1, 0.15) is 60.9 Å². The first-order chi connectivity index (χ1) is 45.4. The number of methoxy groups -OCH3 is 1. The second-order valence-corrected chi connectivity index (χ2v) is 26.4. The number of aliphatic imine (C=N–C) groups is 1. The molecule has 3 saturated heterocycles. The molecule has 4 aliphatic rings. The minimum atomic E-state index is -1.95. The van der Waals surface area contributed by atoms with Crippen LogP contribution in [0.15, 0.2) is 26.8 Å². The van der Waals surface area contributed by atoms with Crippen LogP contribution in [0.25, 0.3) is 0 Å². The van der Waals surface area contributed by atoms with E-state index in [0.717, 1.165) is 85.9 Å². The van der Waals surface area contributed by atoms with E-state index in [9.17, 15) is 59.1 Å². The average molecular weight is 1350 g/mol. The fraction of sp³-hybridized carbons (Fsp3) is 0.815. The van der Waals surface area contributed by atoms with Gasteiger partial charge in [0.2, 0.25) is 23.6 Å². The van der Waals surface area contributed by atoms with Crippen LogP contribution in [0.5, 0.6) is 0 Å². The van der Waals surface area contributed by atoms with Gasteiger partial charge in [-0.2, -0.15) is 0 Å². The highest BCUT2D eigenvalue weighted by atomic mass is 16.7. The van der Waals surface area contributed by atoms with Gasteiger partial charge in [-0.05, 0) is 43.9 Å². The van der Waals surface area contributed by atoms with Crippen LogP contribution < -0.4 is 54.2 Å². The van der Waals surface area contributed by atoms with Gasteiger partial charge >= 0.3 is 23.7 Å². The number of H-pyrrole nitrogens is 1. The zero-order valence-corrected chi connectivity index (χ0v) is 56.8. The number of aliphatic carboxylic acids is 1. The number of nitrogens with zero attached hydrogens (tertiary/aromatic N) is 3. The van der Waals surface area contributed by atoms with E-state index in [0.29, 0.717) is 19.4 Å². The maximum atomic E-state index is 15.3.